The van der Waals surface area contributed by atoms with E-state index in [1.807, 2.05) is 37.3 Å². The molecule has 2 aromatic carbocycles. The number of hydrogen-bond acceptors (Lipinski definition) is 2. The Morgan fingerprint density at radius 3 is 2.55 bits per heavy atom. The lowest BCUT2D eigenvalue weighted by atomic mass is 10.2. The van der Waals surface area contributed by atoms with E-state index in [1.165, 1.54) is 0 Å². The van der Waals surface area contributed by atoms with Crippen molar-refractivity contribution in [3.8, 4) is 5.75 Å². The number of amides is 2. The molecule has 20 heavy (non-hydrogen) atoms. The fraction of sp³-hybridized carbons (Fsp3) is 0.133. The van der Waals surface area contributed by atoms with Crippen LogP contribution in [0.2, 0.25) is 0 Å². The number of rotatable bonds is 3. The summed E-state index contributed by atoms with van der Waals surface area (Å²) < 4.78 is 6.03. The molecule has 0 radical (unpaired) electrons. The number of carbonyl (C=O) groups excluding carboxylic acids is 1. The van der Waals surface area contributed by atoms with Crippen LogP contribution in [-0.2, 0) is 0 Å². The quantitative estimate of drug-likeness (QED) is 0.873. The number of carbonyl (C=O) groups is 1. The molecule has 0 bridgehead atoms. The minimum atomic E-state index is -0.296. The second-order valence-corrected chi connectivity index (χ2v) is 5.24. The molecule has 2 N–H and O–H groups in total. The van der Waals surface area contributed by atoms with Gasteiger partial charge in [-0.25, -0.2) is 4.79 Å². The highest BCUT2D eigenvalue weighted by Gasteiger charge is 2.04. The molecule has 0 spiro atoms. The van der Waals surface area contributed by atoms with Gasteiger partial charge in [-0.05, 0) is 42.8 Å². The third-order valence-electron chi connectivity index (χ3n) is 2.63. The van der Waals surface area contributed by atoms with Crippen molar-refractivity contribution in [3.05, 3.63) is 52.5 Å². The van der Waals surface area contributed by atoms with Crippen LogP contribution in [-0.4, -0.2) is 13.1 Å². The SMILES string of the molecule is COc1cccc(NC(=O)Nc2cc(C)cc(Br)c2)c1. The van der Waals surface area contributed by atoms with Gasteiger partial charge in [-0.15, -0.1) is 0 Å². The van der Waals surface area contributed by atoms with Gasteiger partial charge < -0.3 is 15.4 Å². The number of halogens is 1. The molecule has 0 heterocycles. The second-order valence-electron chi connectivity index (χ2n) is 4.33. The number of ether oxygens (including phenoxy) is 1. The van der Waals surface area contributed by atoms with Crippen molar-refractivity contribution in [2.75, 3.05) is 17.7 Å². The van der Waals surface area contributed by atoms with Gasteiger partial charge in [-0.2, -0.15) is 0 Å². The molecule has 0 aliphatic heterocycles. The van der Waals surface area contributed by atoms with Gasteiger partial charge in [0.25, 0.3) is 0 Å². The number of hydrogen-bond donors (Lipinski definition) is 2. The summed E-state index contributed by atoms with van der Waals surface area (Å²) in [5.74, 6) is 0.695. The maximum atomic E-state index is 11.9. The number of nitrogens with one attached hydrogen (secondary N) is 2. The molecule has 0 fully saturated rings. The smallest absolute Gasteiger partial charge is 0.323 e. The molecule has 0 saturated carbocycles. The van der Waals surface area contributed by atoms with Crippen LogP contribution in [0, 0.1) is 6.92 Å². The van der Waals surface area contributed by atoms with Crippen LogP contribution in [0.1, 0.15) is 5.56 Å². The van der Waals surface area contributed by atoms with E-state index < -0.39 is 0 Å². The molecule has 0 atom stereocenters. The van der Waals surface area contributed by atoms with Crippen LogP contribution in [0.4, 0.5) is 16.2 Å². The van der Waals surface area contributed by atoms with Crippen molar-refractivity contribution in [2.45, 2.75) is 6.92 Å². The zero-order valence-electron chi connectivity index (χ0n) is 11.2. The molecule has 0 aliphatic rings. The highest BCUT2D eigenvalue weighted by molar-refractivity contribution is 9.10. The summed E-state index contributed by atoms with van der Waals surface area (Å²) in [6.07, 6.45) is 0. The van der Waals surface area contributed by atoms with Crippen molar-refractivity contribution in [1.29, 1.82) is 0 Å². The maximum absolute atomic E-state index is 11.9. The van der Waals surface area contributed by atoms with Crippen LogP contribution in [0.3, 0.4) is 0 Å². The first kappa shape index (κ1) is 14.4. The topological polar surface area (TPSA) is 50.4 Å². The van der Waals surface area contributed by atoms with E-state index >= 15 is 0 Å². The van der Waals surface area contributed by atoms with Crippen LogP contribution >= 0.6 is 15.9 Å². The first-order chi connectivity index (χ1) is 9.56. The summed E-state index contributed by atoms with van der Waals surface area (Å²) in [5, 5.41) is 5.55. The van der Waals surface area contributed by atoms with Crippen LogP contribution in [0.5, 0.6) is 5.75 Å². The Hall–Kier alpha value is -2.01. The van der Waals surface area contributed by atoms with Gasteiger partial charge in [0, 0.05) is 21.9 Å². The van der Waals surface area contributed by atoms with Gasteiger partial charge >= 0.3 is 6.03 Å². The summed E-state index contributed by atoms with van der Waals surface area (Å²) in [5.41, 5.74) is 2.47. The number of methoxy groups -OCH3 is 1. The highest BCUT2D eigenvalue weighted by atomic mass is 79.9. The minimum absolute atomic E-state index is 0.296. The molecule has 2 amide bonds. The van der Waals surface area contributed by atoms with E-state index in [9.17, 15) is 4.79 Å². The molecule has 4 nitrogen and oxygen atoms in total. The van der Waals surface area contributed by atoms with Crippen molar-refractivity contribution >= 4 is 33.3 Å². The van der Waals surface area contributed by atoms with E-state index in [2.05, 4.69) is 26.6 Å². The molecular weight excluding hydrogens is 320 g/mol. The number of urea groups is 1. The normalized spacial score (nSPS) is 9.95. The summed E-state index contributed by atoms with van der Waals surface area (Å²) in [7, 11) is 1.59. The summed E-state index contributed by atoms with van der Waals surface area (Å²) in [6.45, 7) is 1.97. The zero-order chi connectivity index (χ0) is 14.5. The predicted octanol–water partition coefficient (Wildman–Crippen LogP) is 4.41. The summed E-state index contributed by atoms with van der Waals surface area (Å²) in [6, 6.07) is 12.6. The number of aryl methyl sites for hydroxylation is 1. The third kappa shape index (κ3) is 3.99. The summed E-state index contributed by atoms with van der Waals surface area (Å²) in [4.78, 5) is 11.9. The lowest BCUT2D eigenvalue weighted by molar-refractivity contribution is 0.262. The van der Waals surface area contributed by atoms with Gasteiger partial charge in [-0.3, -0.25) is 0 Å². The number of anilines is 2. The average Bonchev–Trinajstić information content (AvgIpc) is 2.37. The molecule has 104 valence electrons. The fourth-order valence-corrected chi connectivity index (χ4v) is 2.41. The zero-order valence-corrected chi connectivity index (χ0v) is 12.8. The largest absolute Gasteiger partial charge is 0.497 e. The van der Waals surface area contributed by atoms with Crippen LogP contribution in [0.25, 0.3) is 0 Å². The molecule has 0 unspecified atom stereocenters. The van der Waals surface area contributed by atoms with Crippen LogP contribution < -0.4 is 15.4 Å². The Kier molecular flexibility index (Phi) is 4.63. The van der Waals surface area contributed by atoms with Crippen molar-refractivity contribution in [3.63, 3.8) is 0 Å². The molecule has 0 aromatic heterocycles. The fourth-order valence-electron chi connectivity index (χ4n) is 1.80. The molecule has 0 saturated heterocycles. The van der Waals surface area contributed by atoms with Crippen molar-refractivity contribution < 1.29 is 9.53 Å². The van der Waals surface area contributed by atoms with E-state index in [4.69, 9.17) is 4.74 Å². The van der Waals surface area contributed by atoms with Crippen LogP contribution in [0.15, 0.2) is 46.9 Å². The molecule has 2 aromatic rings. The van der Waals surface area contributed by atoms with Gasteiger partial charge in [0.05, 0.1) is 7.11 Å². The minimum Gasteiger partial charge on any atom is -0.497 e. The maximum Gasteiger partial charge on any atom is 0.323 e. The van der Waals surface area contributed by atoms with Crippen molar-refractivity contribution in [1.82, 2.24) is 0 Å². The Labute approximate surface area is 126 Å². The lowest BCUT2D eigenvalue weighted by Crippen LogP contribution is -2.19. The number of benzene rings is 2. The second kappa shape index (κ2) is 6.43. The standard InChI is InChI=1S/C15H15BrN2O2/c1-10-6-11(16)8-13(7-10)18-15(19)17-12-4-3-5-14(9-12)20-2/h3-9H,1-2H3,(H2,17,18,19). The molecule has 2 rings (SSSR count). The van der Waals surface area contributed by atoms with E-state index in [0.717, 1.165) is 15.7 Å². The van der Waals surface area contributed by atoms with Gasteiger partial charge in [-0.1, -0.05) is 22.0 Å². The van der Waals surface area contributed by atoms with Gasteiger partial charge in [0.1, 0.15) is 5.75 Å². The first-order valence-corrected chi connectivity index (χ1v) is 6.85. The first-order valence-electron chi connectivity index (χ1n) is 6.06. The average molecular weight is 335 g/mol. The van der Waals surface area contributed by atoms with Gasteiger partial charge in [0.15, 0.2) is 0 Å². The summed E-state index contributed by atoms with van der Waals surface area (Å²) >= 11 is 3.40. The van der Waals surface area contributed by atoms with E-state index in [-0.39, 0.29) is 6.03 Å². The Bertz CT molecular complexity index is 609. The Balaban J connectivity index is 2.04. The Morgan fingerprint density at radius 2 is 1.85 bits per heavy atom. The Morgan fingerprint density at radius 1 is 1.10 bits per heavy atom. The lowest BCUT2D eigenvalue weighted by Gasteiger charge is -2.09. The molecular formula is C15H15BrN2O2. The molecule has 5 heteroatoms. The monoisotopic (exact) mass is 334 g/mol. The van der Waals surface area contributed by atoms with Crippen molar-refractivity contribution in [2.24, 2.45) is 0 Å². The third-order valence-corrected chi connectivity index (χ3v) is 3.09. The molecule has 0 aliphatic carbocycles. The highest BCUT2D eigenvalue weighted by Crippen LogP contribution is 2.20. The van der Waals surface area contributed by atoms with Gasteiger partial charge in [0.2, 0.25) is 0 Å². The predicted molar refractivity (Wildman–Crippen MR) is 84.5 cm³/mol. The van der Waals surface area contributed by atoms with E-state index in [0.29, 0.717) is 11.4 Å². The van der Waals surface area contributed by atoms with E-state index in [1.54, 1.807) is 19.2 Å².